The summed E-state index contributed by atoms with van der Waals surface area (Å²) in [5.74, 6) is -1.26. The van der Waals surface area contributed by atoms with Gasteiger partial charge in [0.25, 0.3) is 0 Å². The third kappa shape index (κ3) is 2.61. The number of benzene rings is 1. The van der Waals surface area contributed by atoms with Gasteiger partial charge < -0.3 is 10.8 Å². The topological polar surface area (TPSA) is 109 Å². The zero-order valence-corrected chi connectivity index (χ0v) is 11.4. The van der Waals surface area contributed by atoms with Crippen LogP contribution < -0.4 is 10.5 Å². The van der Waals surface area contributed by atoms with Crippen molar-refractivity contribution in [3.63, 3.8) is 0 Å². The average molecular weight is 300 g/mol. The van der Waals surface area contributed by atoms with Crippen LogP contribution in [-0.2, 0) is 10.0 Å². The number of fused-ring (bicyclic) bond motifs is 1. The van der Waals surface area contributed by atoms with Crippen LogP contribution in [0.1, 0.15) is 9.67 Å². The fourth-order valence-corrected chi connectivity index (χ4v) is 4.48. The molecule has 0 atom stereocenters. The second kappa shape index (κ2) is 5.25. The van der Waals surface area contributed by atoms with Gasteiger partial charge in [0.15, 0.2) is 0 Å². The van der Waals surface area contributed by atoms with Gasteiger partial charge in [0.2, 0.25) is 10.0 Å². The summed E-state index contributed by atoms with van der Waals surface area (Å²) < 4.78 is 27.2. The summed E-state index contributed by atoms with van der Waals surface area (Å²) in [6.07, 6.45) is 0. The number of rotatable bonds is 5. The van der Waals surface area contributed by atoms with Crippen LogP contribution in [0.4, 0.5) is 0 Å². The van der Waals surface area contributed by atoms with Crippen molar-refractivity contribution in [3.8, 4) is 0 Å². The SMILES string of the molecule is NCCNS(=O)(=O)c1c(C(=O)O)sc2ccccc12. The van der Waals surface area contributed by atoms with Gasteiger partial charge in [-0.05, 0) is 6.07 Å². The van der Waals surface area contributed by atoms with Crippen molar-refractivity contribution in [2.45, 2.75) is 4.90 Å². The lowest BCUT2D eigenvalue weighted by molar-refractivity contribution is 0.0698. The third-order valence-corrected chi connectivity index (χ3v) is 5.28. The van der Waals surface area contributed by atoms with E-state index in [2.05, 4.69) is 4.72 Å². The normalized spacial score (nSPS) is 11.8. The third-order valence-electron chi connectivity index (χ3n) is 2.45. The standard InChI is InChI=1S/C11H12N2O4S2/c12-5-6-13-19(16,17)10-7-3-1-2-4-8(7)18-9(10)11(14)15/h1-4,13H,5-6,12H2,(H,14,15). The van der Waals surface area contributed by atoms with E-state index in [4.69, 9.17) is 10.8 Å². The first-order chi connectivity index (χ1) is 8.97. The summed E-state index contributed by atoms with van der Waals surface area (Å²) in [7, 11) is -3.88. The molecule has 0 fully saturated rings. The molecule has 102 valence electrons. The Labute approximate surface area is 113 Å². The van der Waals surface area contributed by atoms with E-state index in [-0.39, 0.29) is 22.9 Å². The van der Waals surface area contributed by atoms with Crippen molar-refractivity contribution < 1.29 is 18.3 Å². The van der Waals surface area contributed by atoms with E-state index >= 15 is 0 Å². The molecule has 1 heterocycles. The van der Waals surface area contributed by atoms with Crippen LogP contribution in [0.3, 0.4) is 0 Å². The van der Waals surface area contributed by atoms with Crippen molar-refractivity contribution in [2.75, 3.05) is 13.1 Å². The van der Waals surface area contributed by atoms with Crippen LogP contribution in [0.2, 0.25) is 0 Å². The van der Waals surface area contributed by atoms with Gasteiger partial charge in [-0.2, -0.15) is 0 Å². The smallest absolute Gasteiger partial charge is 0.347 e. The Balaban J connectivity index is 2.69. The molecule has 0 radical (unpaired) electrons. The van der Waals surface area contributed by atoms with Gasteiger partial charge in [-0.3, -0.25) is 0 Å². The van der Waals surface area contributed by atoms with Gasteiger partial charge in [-0.15, -0.1) is 11.3 Å². The summed E-state index contributed by atoms with van der Waals surface area (Å²) >= 11 is 0.942. The van der Waals surface area contributed by atoms with Crippen LogP contribution in [0, 0.1) is 0 Å². The number of carboxylic acid groups (broad SMARTS) is 1. The molecular weight excluding hydrogens is 288 g/mol. The molecule has 2 rings (SSSR count). The zero-order chi connectivity index (χ0) is 14.0. The molecule has 2 aromatic rings. The number of sulfonamides is 1. The molecule has 0 aliphatic carbocycles. The maximum Gasteiger partial charge on any atom is 0.347 e. The molecule has 1 aromatic carbocycles. The van der Waals surface area contributed by atoms with Crippen molar-refractivity contribution in [2.24, 2.45) is 5.73 Å². The summed E-state index contributed by atoms with van der Waals surface area (Å²) in [5.41, 5.74) is 5.26. The Hall–Kier alpha value is -1.48. The number of nitrogens with two attached hydrogens (primary N) is 1. The number of thiophene rings is 1. The number of aromatic carboxylic acids is 1. The van der Waals surface area contributed by atoms with Crippen molar-refractivity contribution >= 4 is 37.4 Å². The Morgan fingerprint density at radius 2 is 2.05 bits per heavy atom. The molecule has 0 saturated carbocycles. The summed E-state index contributed by atoms with van der Waals surface area (Å²) in [6.45, 7) is 0.204. The van der Waals surface area contributed by atoms with Crippen LogP contribution in [-0.4, -0.2) is 32.6 Å². The molecular formula is C11H12N2O4S2. The highest BCUT2D eigenvalue weighted by Gasteiger charge is 2.27. The van der Waals surface area contributed by atoms with Gasteiger partial charge in [0, 0.05) is 23.2 Å². The highest BCUT2D eigenvalue weighted by Crippen LogP contribution is 2.34. The van der Waals surface area contributed by atoms with E-state index in [0.717, 1.165) is 11.3 Å². The fraction of sp³-hybridized carbons (Fsp3) is 0.182. The maximum absolute atomic E-state index is 12.2. The largest absolute Gasteiger partial charge is 0.477 e. The van der Waals surface area contributed by atoms with E-state index in [1.54, 1.807) is 24.3 Å². The number of nitrogens with one attached hydrogen (secondary N) is 1. The molecule has 4 N–H and O–H groups in total. The predicted octanol–water partition coefficient (Wildman–Crippen LogP) is 0.836. The molecule has 6 nitrogen and oxygen atoms in total. The Bertz CT molecular complexity index is 721. The Kier molecular flexibility index (Phi) is 3.85. The van der Waals surface area contributed by atoms with Gasteiger partial charge in [-0.25, -0.2) is 17.9 Å². The first-order valence-electron chi connectivity index (χ1n) is 5.42. The summed E-state index contributed by atoms with van der Waals surface area (Å²) in [6, 6.07) is 6.68. The van der Waals surface area contributed by atoms with Gasteiger partial charge >= 0.3 is 5.97 Å². The molecule has 8 heteroatoms. The lowest BCUT2D eigenvalue weighted by Gasteiger charge is -2.05. The highest BCUT2D eigenvalue weighted by atomic mass is 32.2. The minimum absolute atomic E-state index is 0.0611. The minimum Gasteiger partial charge on any atom is -0.477 e. The molecule has 0 aliphatic rings. The van der Waals surface area contributed by atoms with Crippen molar-refractivity contribution in [3.05, 3.63) is 29.1 Å². The van der Waals surface area contributed by atoms with E-state index in [0.29, 0.717) is 10.1 Å². The second-order valence-electron chi connectivity index (χ2n) is 3.75. The van der Waals surface area contributed by atoms with Crippen molar-refractivity contribution in [1.29, 1.82) is 0 Å². The lowest BCUT2D eigenvalue weighted by Crippen LogP contribution is -2.29. The van der Waals surface area contributed by atoms with Crippen LogP contribution in [0.5, 0.6) is 0 Å². The Morgan fingerprint density at radius 3 is 2.68 bits per heavy atom. The number of hydrogen-bond acceptors (Lipinski definition) is 5. The monoisotopic (exact) mass is 300 g/mol. The van der Waals surface area contributed by atoms with Gasteiger partial charge in [0.05, 0.1) is 0 Å². The van der Waals surface area contributed by atoms with Gasteiger partial charge in [0.1, 0.15) is 9.77 Å². The minimum atomic E-state index is -3.88. The molecule has 0 amide bonds. The van der Waals surface area contributed by atoms with E-state index in [1.807, 2.05) is 0 Å². The number of carbonyl (C=O) groups is 1. The first-order valence-corrected chi connectivity index (χ1v) is 7.72. The van der Waals surface area contributed by atoms with Crippen molar-refractivity contribution in [1.82, 2.24) is 4.72 Å². The summed E-state index contributed by atoms with van der Waals surface area (Å²) in [5, 5.41) is 9.56. The molecule has 0 saturated heterocycles. The van der Waals surface area contributed by atoms with Crippen LogP contribution in [0.15, 0.2) is 29.2 Å². The zero-order valence-electron chi connectivity index (χ0n) is 9.79. The Morgan fingerprint density at radius 1 is 1.37 bits per heavy atom. The molecule has 0 spiro atoms. The molecule has 0 unspecified atom stereocenters. The summed E-state index contributed by atoms with van der Waals surface area (Å²) in [4.78, 5) is 10.8. The van der Waals surface area contributed by atoms with E-state index in [1.165, 1.54) is 0 Å². The number of carboxylic acids is 1. The molecule has 1 aromatic heterocycles. The quantitative estimate of drug-likeness (QED) is 0.758. The molecule has 0 bridgehead atoms. The van der Waals surface area contributed by atoms with E-state index in [9.17, 15) is 13.2 Å². The molecule has 0 aliphatic heterocycles. The highest BCUT2D eigenvalue weighted by molar-refractivity contribution is 7.90. The first kappa shape index (κ1) is 13.9. The average Bonchev–Trinajstić information content (AvgIpc) is 2.76. The fourth-order valence-electron chi connectivity index (χ4n) is 1.69. The van der Waals surface area contributed by atoms with E-state index < -0.39 is 16.0 Å². The number of hydrogen-bond donors (Lipinski definition) is 3. The lowest BCUT2D eigenvalue weighted by atomic mass is 10.2. The predicted molar refractivity (Wildman–Crippen MR) is 73.0 cm³/mol. The van der Waals surface area contributed by atoms with Crippen LogP contribution in [0.25, 0.3) is 10.1 Å². The van der Waals surface area contributed by atoms with Gasteiger partial charge in [-0.1, -0.05) is 18.2 Å². The second-order valence-corrected chi connectivity index (χ2v) is 6.50. The maximum atomic E-state index is 12.2. The van der Waals surface area contributed by atoms with Crippen LogP contribution >= 0.6 is 11.3 Å². The molecule has 19 heavy (non-hydrogen) atoms.